The van der Waals surface area contributed by atoms with Crippen LogP contribution in [0.2, 0.25) is 0 Å². The zero-order chi connectivity index (χ0) is 39.0. The number of ether oxygens (including phenoxy) is 3. The lowest BCUT2D eigenvalue weighted by atomic mass is 10.0. The van der Waals surface area contributed by atoms with E-state index in [1.165, 1.54) is 10.5 Å². The molecule has 13 heteroatoms. The minimum atomic E-state index is -0.685. The van der Waals surface area contributed by atoms with Gasteiger partial charge >= 0.3 is 0 Å². The Bertz CT molecular complexity index is 1810. The van der Waals surface area contributed by atoms with E-state index in [1.54, 1.807) is 26.4 Å². The Hall–Kier alpha value is -5.59. The number of rotatable bonds is 22. The van der Waals surface area contributed by atoms with Crippen molar-refractivity contribution in [2.75, 3.05) is 45.8 Å². The van der Waals surface area contributed by atoms with Crippen LogP contribution in [-0.4, -0.2) is 80.9 Å². The summed E-state index contributed by atoms with van der Waals surface area (Å²) in [6.45, 7) is 1.47. The van der Waals surface area contributed by atoms with Crippen molar-refractivity contribution < 1.29 is 38.2 Å². The Morgan fingerprint density at radius 2 is 1.47 bits per heavy atom. The van der Waals surface area contributed by atoms with E-state index in [9.17, 15) is 24.0 Å². The number of hydrogen-bond donors (Lipinski definition) is 4. The van der Waals surface area contributed by atoms with Gasteiger partial charge in [-0.15, -0.1) is 0 Å². The highest BCUT2D eigenvalue weighted by atomic mass is 16.5. The summed E-state index contributed by atoms with van der Waals surface area (Å²) < 4.78 is 16.5. The Kier molecular flexibility index (Phi) is 15.3. The summed E-state index contributed by atoms with van der Waals surface area (Å²) >= 11 is 0. The number of benzene rings is 3. The highest BCUT2D eigenvalue weighted by Crippen LogP contribution is 2.32. The molecule has 4 N–H and O–H groups in total. The van der Waals surface area contributed by atoms with Crippen LogP contribution in [0.3, 0.4) is 0 Å². The van der Waals surface area contributed by atoms with Crippen LogP contribution in [0.5, 0.6) is 17.2 Å². The average Bonchev–Trinajstić information content (AvgIpc) is 3.53. The van der Waals surface area contributed by atoms with E-state index in [2.05, 4.69) is 33.4 Å². The van der Waals surface area contributed by atoms with Gasteiger partial charge < -0.3 is 35.1 Å². The predicted molar refractivity (Wildman–Crippen MR) is 208 cm³/mol. The number of fused-ring (bicyclic) bond motifs is 1. The molecule has 1 fully saturated rings. The molecule has 5 rings (SSSR count). The molecule has 3 aromatic rings. The molecule has 2 heterocycles. The maximum atomic E-state index is 13.0. The van der Waals surface area contributed by atoms with Gasteiger partial charge in [0.15, 0.2) is 18.1 Å². The van der Waals surface area contributed by atoms with Crippen molar-refractivity contribution >= 4 is 35.2 Å². The molecule has 2 aliphatic heterocycles. The van der Waals surface area contributed by atoms with Gasteiger partial charge in [0.25, 0.3) is 11.8 Å². The van der Waals surface area contributed by atoms with Gasteiger partial charge in [-0.05, 0) is 86.1 Å². The summed E-state index contributed by atoms with van der Waals surface area (Å²) in [6, 6.07) is 18.5. The molecule has 5 amide bonds. The zero-order valence-electron chi connectivity index (χ0n) is 31.9. The first-order valence-corrected chi connectivity index (χ1v) is 19.2. The first-order valence-electron chi connectivity index (χ1n) is 19.2. The molecule has 1 saturated heterocycles. The van der Waals surface area contributed by atoms with Crippen LogP contribution >= 0.6 is 0 Å². The van der Waals surface area contributed by atoms with Crippen molar-refractivity contribution in [3.05, 3.63) is 82.9 Å². The van der Waals surface area contributed by atoms with Crippen LogP contribution < -0.4 is 35.5 Å². The molecular weight excluding hydrogens is 702 g/mol. The van der Waals surface area contributed by atoms with Crippen LogP contribution in [0.25, 0.3) is 0 Å². The van der Waals surface area contributed by atoms with Gasteiger partial charge in [-0.1, -0.05) is 49.9 Å². The molecule has 2 aliphatic rings. The number of nitrogens with one attached hydrogen (secondary N) is 4. The van der Waals surface area contributed by atoms with Gasteiger partial charge in [0.05, 0.1) is 20.8 Å². The highest BCUT2D eigenvalue weighted by molar-refractivity contribution is 6.06. The number of amides is 5. The molecule has 1 atom stereocenters. The lowest BCUT2D eigenvalue weighted by molar-refractivity contribution is -0.137. The summed E-state index contributed by atoms with van der Waals surface area (Å²) in [7, 11) is 3.27. The number of piperidine rings is 1. The lowest BCUT2D eigenvalue weighted by Gasteiger charge is -2.29. The second kappa shape index (κ2) is 20.8. The van der Waals surface area contributed by atoms with Crippen molar-refractivity contribution in [2.45, 2.75) is 83.2 Å². The molecule has 0 saturated carbocycles. The fourth-order valence-electron chi connectivity index (χ4n) is 6.93. The summed E-state index contributed by atoms with van der Waals surface area (Å²) in [4.78, 5) is 63.3. The van der Waals surface area contributed by atoms with Gasteiger partial charge in [0.1, 0.15) is 11.8 Å². The fourth-order valence-corrected chi connectivity index (χ4v) is 6.93. The SMILES string of the molecule is COc1ccc(CCCc2cccc(OCC(=O)NCCCCCCCCNC(=O)CNc3cccc4c3CN(C3CCC(=O)NC3=O)C4=O)c2)cc1OC. The topological polar surface area (TPSA) is 164 Å². The summed E-state index contributed by atoms with van der Waals surface area (Å²) in [5.74, 6) is 0.833. The molecule has 0 spiro atoms. The number of carbonyl (C=O) groups is 5. The molecular formula is C42H53N5O8. The van der Waals surface area contributed by atoms with Gasteiger partial charge in [-0.25, -0.2) is 0 Å². The lowest BCUT2D eigenvalue weighted by Crippen LogP contribution is -2.52. The number of aryl methyl sites for hydroxylation is 2. The van der Waals surface area contributed by atoms with E-state index >= 15 is 0 Å². The molecule has 3 aromatic carbocycles. The Morgan fingerprint density at radius 1 is 0.782 bits per heavy atom. The van der Waals surface area contributed by atoms with E-state index in [-0.39, 0.29) is 49.7 Å². The summed E-state index contributed by atoms with van der Waals surface area (Å²) in [5, 5.41) is 11.3. The molecule has 0 aromatic heterocycles. The van der Waals surface area contributed by atoms with Crippen molar-refractivity contribution in [3.8, 4) is 17.2 Å². The van der Waals surface area contributed by atoms with E-state index < -0.39 is 11.9 Å². The maximum Gasteiger partial charge on any atom is 0.257 e. The molecule has 13 nitrogen and oxygen atoms in total. The Labute approximate surface area is 322 Å². The number of imide groups is 1. The number of anilines is 1. The first-order chi connectivity index (χ1) is 26.7. The molecule has 0 aliphatic carbocycles. The van der Waals surface area contributed by atoms with Crippen molar-refractivity contribution in [1.82, 2.24) is 20.9 Å². The van der Waals surface area contributed by atoms with Crippen molar-refractivity contribution in [2.24, 2.45) is 0 Å². The quantitative estimate of drug-likeness (QED) is 0.0841. The standard InChI is InChI=1S/C42H53N5O8/c1-53-36-20-18-30(25-37(36)54-2)13-9-12-29-14-10-15-31(24-29)55-28-40(50)44-23-8-6-4-3-5-7-22-43-39(49)26-45-34-17-11-16-32-33(34)27-47(42(32)52)35-19-21-38(48)46-41(35)51/h10-11,14-18,20,24-25,35,45H,3-9,12-13,19,21-23,26-28H2,1-2H3,(H,43,49)(H,44,50)(H,46,48,51). The molecule has 0 radical (unpaired) electrons. The van der Waals surface area contributed by atoms with Crippen LogP contribution in [0, 0.1) is 0 Å². The second-order valence-electron chi connectivity index (χ2n) is 13.9. The van der Waals surface area contributed by atoms with Crippen LogP contribution in [0.4, 0.5) is 5.69 Å². The van der Waals surface area contributed by atoms with Crippen molar-refractivity contribution in [1.29, 1.82) is 0 Å². The number of methoxy groups -OCH3 is 2. The minimum Gasteiger partial charge on any atom is -0.493 e. The normalized spacial score (nSPS) is 14.9. The Balaban J connectivity index is 0.869. The third-order valence-electron chi connectivity index (χ3n) is 9.92. The Morgan fingerprint density at radius 3 is 2.20 bits per heavy atom. The number of hydrogen-bond acceptors (Lipinski definition) is 9. The highest BCUT2D eigenvalue weighted by Gasteiger charge is 2.39. The molecule has 55 heavy (non-hydrogen) atoms. The maximum absolute atomic E-state index is 13.0. The van der Waals surface area contributed by atoms with Crippen LogP contribution in [0.1, 0.15) is 84.8 Å². The minimum absolute atomic E-state index is 0.0211. The first kappa shape index (κ1) is 40.6. The molecule has 1 unspecified atom stereocenters. The summed E-state index contributed by atoms with van der Waals surface area (Å²) in [6.07, 6.45) is 9.12. The van der Waals surface area contributed by atoms with E-state index in [4.69, 9.17) is 14.2 Å². The van der Waals surface area contributed by atoms with E-state index in [1.807, 2.05) is 36.4 Å². The monoisotopic (exact) mass is 755 g/mol. The predicted octanol–water partition coefficient (Wildman–Crippen LogP) is 4.70. The van der Waals surface area contributed by atoms with Gasteiger partial charge in [-0.2, -0.15) is 0 Å². The van der Waals surface area contributed by atoms with Crippen LogP contribution in [0.15, 0.2) is 60.7 Å². The second-order valence-corrected chi connectivity index (χ2v) is 13.9. The van der Waals surface area contributed by atoms with Crippen LogP contribution in [-0.2, 0) is 38.6 Å². The number of carbonyl (C=O) groups excluding carboxylic acids is 5. The smallest absolute Gasteiger partial charge is 0.257 e. The summed E-state index contributed by atoms with van der Waals surface area (Å²) in [5.41, 5.74) is 4.27. The van der Waals surface area contributed by atoms with Crippen molar-refractivity contribution in [3.63, 3.8) is 0 Å². The largest absolute Gasteiger partial charge is 0.493 e. The average molecular weight is 756 g/mol. The third-order valence-corrected chi connectivity index (χ3v) is 9.92. The third kappa shape index (κ3) is 12.0. The van der Waals surface area contributed by atoms with Gasteiger partial charge in [0, 0.05) is 42.9 Å². The zero-order valence-corrected chi connectivity index (χ0v) is 31.9. The fraction of sp³-hybridized carbons (Fsp3) is 0.452. The van der Waals surface area contributed by atoms with E-state index in [0.29, 0.717) is 36.5 Å². The van der Waals surface area contributed by atoms with Gasteiger partial charge in [-0.3, -0.25) is 29.3 Å². The molecule has 0 bridgehead atoms. The molecule has 294 valence electrons. The number of unbranched alkanes of at least 4 members (excludes halogenated alkanes) is 5. The van der Waals surface area contributed by atoms with Gasteiger partial charge in [0.2, 0.25) is 17.7 Å². The van der Waals surface area contributed by atoms with E-state index in [0.717, 1.165) is 80.4 Å². The number of nitrogens with zero attached hydrogens (tertiary/aromatic N) is 1.